The van der Waals surface area contributed by atoms with Gasteiger partial charge in [0, 0.05) is 18.7 Å². The zero-order chi connectivity index (χ0) is 27.4. The Labute approximate surface area is 217 Å². The van der Waals surface area contributed by atoms with Crippen LogP contribution in [-0.4, -0.2) is 53.7 Å². The molecule has 8 nitrogen and oxygen atoms in total. The van der Waals surface area contributed by atoms with Crippen LogP contribution < -0.4 is 15.2 Å². The number of alkyl halides is 3. The second-order valence-electron chi connectivity index (χ2n) is 9.63. The fraction of sp³-hybridized carbons (Fsp3) is 0.407. The molecule has 11 heteroatoms. The second kappa shape index (κ2) is 9.45. The van der Waals surface area contributed by atoms with Crippen LogP contribution in [0, 0.1) is 0 Å². The molecule has 2 aromatic rings. The second-order valence-corrected chi connectivity index (χ2v) is 9.63. The summed E-state index contributed by atoms with van der Waals surface area (Å²) in [5.41, 5.74) is 2.45. The maximum atomic E-state index is 13.9. The number of hydrogen-bond acceptors (Lipinski definition) is 6. The van der Waals surface area contributed by atoms with E-state index in [2.05, 4.69) is 0 Å². The van der Waals surface area contributed by atoms with Crippen molar-refractivity contribution < 1.29 is 32.5 Å². The molecule has 0 bridgehead atoms. The van der Waals surface area contributed by atoms with E-state index in [0.29, 0.717) is 36.3 Å². The zero-order valence-electron chi connectivity index (χ0n) is 21.2. The number of aromatic hydroxyl groups is 1. The molecule has 3 aliphatic rings. The van der Waals surface area contributed by atoms with E-state index in [9.17, 15) is 27.9 Å². The highest BCUT2D eigenvalue weighted by atomic mass is 19.4. The van der Waals surface area contributed by atoms with Gasteiger partial charge >= 0.3 is 6.18 Å². The molecular weight excluding hydrogens is 503 g/mol. The van der Waals surface area contributed by atoms with Gasteiger partial charge in [-0.05, 0) is 66.7 Å². The van der Waals surface area contributed by atoms with Gasteiger partial charge in [0.2, 0.25) is 5.43 Å². The largest absolute Gasteiger partial charge is 0.502 e. The Morgan fingerprint density at radius 1 is 1.05 bits per heavy atom. The van der Waals surface area contributed by atoms with Gasteiger partial charge in [0.15, 0.2) is 11.4 Å². The average Bonchev–Trinajstić information content (AvgIpc) is 3.05. The van der Waals surface area contributed by atoms with Crippen LogP contribution >= 0.6 is 0 Å². The van der Waals surface area contributed by atoms with Crippen molar-refractivity contribution >= 4 is 5.91 Å². The van der Waals surface area contributed by atoms with Crippen molar-refractivity contribution in [3.05, 3.63) is 80.5 Å². The number of aromatic nitrogens is 1. The summed E-state index contributed by atoms with van der Waals surface area (Å²) in [7, 11) is 3.17. The van der Waals surface area contributed by atoms with Gasteiger partial charge in [-0.15, -0.1) is 0 Å². The molecule has 0 saturated carbocycles. The number of nitrogens with zero attached hydrogens (tertiary/aromatic N) is 3. The normalized spacial score (nSPS) is 20.2. The number of allylic oxidation sites excluding steroid dienone is 3. The van der Waals surface area contributed by atoms with E-state index < -0.39 is 47.7 Å². The molecule has 1 unspecified atom stereocenters. The summed E-state index contributed by atoms with van der Waals surface area (Å²) in [5.74, 6) is -0.485. The standard InChI is InChI=1S/C27H28F3N3O5/c1-15(27(28,29)30)31-14-33(32-11-10-22(34)25(35)24(32)26(31)36)23-20-8-6-18(37-2)12-16(20)4-5-17-13-19(38-3)7-9-21(17)23/h6,8,10-13,15,23,35H,4-5,7,9,14H2,1-3H3/t15-,23?/m1/s1. The van der Waals surface area contributed by atoms with Gasteiger partial charge in [-0.2, -0.15) is 13.2 Å². The summed E-state index contributed by atoms with van der Waals surface area (Å²) < 4.78 is 53.9. The lowest BCUT2D eigenvalue weighted by Gasteiger charge is -2.46. The minimum Gasteiger partial charge on any atom is -0.502 e. The number of ether oxygens (including phenoxy) is 2. The van der Waals surface area contributed by atoms with Crippen LogP contribution in [0.3, 0.4) is 0 Å². The minimum atomic E-state index is -4.71. The molecule has 1 aliphatic heterocycles. The van der Waals surface area contributed by atoms with E-state index in [1.54, 1.807) is 25.3 Å². The molecule has 0 radical (unpaired) electrons. The lowest BCUT2D eigenvalue weighted by Crippen LogP contribution is -2.60. The van der Waals surface area contributed by atoms with Crippen LogP contribution in [0.15, 0.2) is 58.2 Å². The number of halogens is 3. The molecule has 1 amide bonds. The van der Waals surface area contributed by atoms with Crippen molar-refractivity contribution in [3.8, 4) is 11.5 Å². The van der Waals surface area contributed by atoms with Crippen LogP contribution in [0.4, 0.5) is 13.2 Å². The third kappa shape index (κ3) is 4.19. The number of carbonyl (C=O) groups excluding carboxylic acids is 1. The third-order valence-corrected chi connectivity index (χ3v) is 7.62. The maximum Gasteiger partial charge on any atom is 0.408 e. The van der Waals surface area contributed by atoms with Gasteiger partial charge in [-0.3, -0.25) is 19.3 Å². The summed E-state index contributed by atoms with van der Waals surface area (Å²) in [6.07, 6.45) is 1.13. The summed E-state index contributed by atoms with van der Waals surface area (Å²) in [5, 5.41) is 12.2. The van der Waals surface area contributed by atoms with Gasteiger partial charge in [-0.25, -0.2) is 0 Å². The highest BCUT2D eigenvalue weighted by Gasteiger charge is 2.48. The van der Waals surface area contributed by atoms with E-state index in [1.165, 1.54) is 10.9 Å². The summed E-state index contributed by atoms with van der Waals surface area (Å²) in [6.45, 7) is 0.483. The van der Waals surface area contributed by atoms with Crippen molar-refractivity contribution in [2.75, 3.05) is 25.9 Å². The number of fused-ring (bicyclic) bond motifs is 2. The molecule has 2 aliphatic carbocycles. The van der Waals surface area contributed by atoms with E-state index in [1.807, 2.05) is 18.2 Å². The van der Waals surface area contributed by atoms with Crippen molar-refractivity contribution in [2.24, 2.45) is 0 Å². The Morgan fingerprint density at radius 2 is 1.82 bits per heavy atom. The summed E-state index contributed by atoms with van der Waals surface area (Å²) in [6, 6.07) is 3.97. The van der Waals surface area contributed by atoms with Crippen LogP contribution in [0.5, 0.6) is 11.5 Å². The van der Waals surface area contributed by atoms with E-state index >= 15 is 0 Å². The van der Waals surface area contributed by atoms with Crippen molar-refractivity contribution in [3.63, 3.8) is 0 Å². The molecule has 202 valence electrons. The van der Waals surface area contributed by atoms with Gasteiger partial charge in [-0.1, -0.05) is 6.07 Å². The Morgan fingerprint density at radius 3 is 2.50 bits per heavy atom. The van der Waals surface area contributed by atoms with Crippen LogP contribution in [0.1, 0.15) is 53.8 Å². The molecular formula is C27H28F3N3O5. The lowest BCUT2D eigenvalue weighted by molar-refractivity contribution is -0.173. The van der Waals surface area contributed by atoms with Crippen LogP contribution in [0.2, 0.25) is 0 Å². The molecule has 1 N–H and O–H groups in total. The molecule has 38 heavy (non-hydrogen) atoms. The first kappa shape index (κ1) is 25.7. The number of carbonyl (C=O) groups is 1. The Kier molecular flexibility index (Phi) is 6.40. The fourth-order valence-corrected chi connectivity index (χ4v) is 5.51. The lowest BCUT2D eigenvalue weighted by atomic mass is 9.87. The van der Waals surface area contributed by atoms with Gasteiger partial charge < -0.3 is 19.5 Å². The van der Waals surface area contributed by atoms with Gasteiger partial charge in [0.25, 0.3) is 5.91 Å². The van der Waals surface area contributed by atoms with E-state index in [0.717, 1.165) is 41.0 Å². The quantitative estimate of drug-likeness (QED) is 0.638. The van der Waals surface area contributed by atoms with E-state index in [-0.39, 0.29) is 0 Å². The molecule has 1 aromatic heterocycles. The first-order valence-electron chi connectivity index (χ1n) is 12.3. The summed E-state index contributed by atoms with van der Waals surface area (Å²) >= 11 is 0. The molecule has 2 atom stereocenters. The first-order valence-corrected chi connectivity index (χ1v) is 12.3. The number of benzene rings is 1. The van der Waals surface area contributed by atoms with Gasteiger partial charge in [0.1, 0.15) is 18.5 Å². The predicted molar refractivity (Wildman–Crippen MR) is 133 cm³/mol. The number of rotatable bonds is 4. The fourth-order valence-electron chi connectivity index (χ4n) is 5.51. The van der Waals surface area contributed by atoms with Crippen LogP contribution in [0.25, 0.3) is 0 Å². The molecule has 0 fully saturated rings. The van der Waals surface area contributed by atoms with Crippen molar-refractivity contribution in [2.45, 2.75) is 50.9 Å². The highest BCUT2D eigenvalue weighted by molar-refractivity contribution is 5.96. The van der Waals surface area contributed by atoms with E-state index in [4.69, 9.17) is 9.47 Å². The topological polar surface area (TPSA) is 84.2 Å². The average molecular weight is 532 g/mol. The molecule has 0 saturated heterocycles. The highest BCUT2D eigenvalue weighted by Crippen LogP contribution is 2.44. The Bertz CT molecular complexity index is 1410. The van der Waals surface area contributed by atoms with Crippen molar-refractivity contribution in [1.82, 2.24) is 9.58 Å². The third-order valence-electron chi connectivity index (χ3n) is 7.62. The number of methoxy groups -OCH3 is 2. The Balaban J connectivity index is 1.76. The first-order chi connectivity index (χ1) is 18.0. The minimum absolute atomic E-state index is 0.414. The number of hydrogen-bond donors (Lipinski definition) is 1. The molecule has 2 heterocycles. The molecule has 5 rings (SSSR count). The molecule has 1 aromatic carbocycles. The zero-order valence-corrected chi connectivity index (χ0v) is 21.2. The summed E-state index contributed by atoms with van der Waals surface area (Å²) in [4.78, 5) is 26.2. The number of amides is 1. The number of pyridine rings is 1. The smallest absolute Gasteiger partial charge is 0.408 e. The SMILES string of the molecule is COC1=CC2=C(CC1)C(N1CN([C@H](C)C(F)(F)F)C(=O)c3c(O)c(=O)ccn31)c1ccc(OC)cc1CC2. The van der Waals surface area contributed by atoms with Crippen molar-refractivity contribution in [1.29, 1.82) is 0 Å². The maximum absolute atomic E-state index is 13.9. The Hall–Kier alpha value is -3.89. The monoisotopic (exact) mass is 531 g/mol. The number of aryl methyl sites for hydroxylation is 1. The van der Waals surface area contributed by atoms with Crippen LogP contribution in [-0.2, 0) is 11.2 Å². The van der Waals surface area contributed by atoms with Gasteiger partial charge in [0.05, 0.1) is 26.0 Å². The predicted octanol–water partition coefficient (Wildman–Crippen LogP) is 4.17. The molecule has 0 spiro atoms.